The smallest absolute Gasteiger partial charge is 0.165 e. The van der Waals surface area contributed by atoms with Gasteiger partial charge in [-0.15, -0.1) is 0 Å². The van der Waals surface area contributed by atoms with Crippen LogP contribution in [0.1, 0.15) is 37.8 Å². The SMILES string of the molecule is N#Cc1nc(N2CCCCCCC2)ccc1N. The van der Waals surface area contributed by atoms with Crippen LogP contribution in [-0.2, 0) is 0 Å². The fraction of sp³-hybridized carbons (Fsp3) is 0.538. The Morgan fingerprint density at radius 2 is 1.76 bits per heavy atom. The highest BCUT2D eigenvalue weighted by molar-refractivity contribution is 5.55. The second-order valence-corrected chi connectivity index (χ2v) is 4.47. The van der Waals surface area contributed by atoms with Gasteiger partial charge < -0.3 is 10.6 Å². The normalized spacial score (nSPS) is 17.0. The van der Waals surface area contributed by atoms with E-state index in [-0.39, 0.29) is 0 Å². The number of rotatable bonds is 1. The van der Waals surface area contributed by atoms with Crippen LogP contribution in [0.15, 0.2) is 12.1 Å². The van der Waals surface area contributed by atoms with E-state index >= 15 is 0 Å². The first-order valence-corrected chi connectivity index (χ1v) is 6.23. The second kappa shape index (κ2) is 5.53. The van der Waals surface area contributed by atoms with E-state index in [0.29, 0.717) is 11.4 Å². The van der Waals surface area contributed by atoms with Gasteiger partial charge in [0, 0.05) is 13.1 Å². The number of pyridine rings is 1. The monoisotopic (exact) mass is 230 g/mol. The second-order valence-electron chi connectivity index (χ2n) is 4.47. The van der Waals surface area contributed by atoms with Crippen molar-refractivity contribution in [1.82, 2.24) is 4.98 Å². The first-order valence-electron chi connectivity index (χ1n) is 6.23. The molecule has 0 amide bonds. The fourth-order valence-corrected chi connectivity index (χ4v) is 2.20. The molecule has 0 aliphatic carbocycles. The molecule has 1 aromatic heterocycles. The first kappa shape index (κ1) is 11.7. The Balaban J connectivity index is 2.17. The zero-order chi connectivity index (χ0) is 12.1. The number of nitrogens with two attached hydrogens (primary N) is 1. The molecular weight excluding hydrogens is 212 g/mol. The number of nitrogens with zero attached hydrogens (tertiary/aromatic N) is 3. The summed E-state index contributed by atoms with van der Waals surface area (Å²) in [6.45, 7) is 2.06. The van der Waals surface area contributed by atoms with Gasteiger partial charge in [-0.1, -0.05) is 19.3 Å². The number of nitriles is 1. The molecule has 0 spiro atoms. The van der Waals surface area contributed by atoms with Crippen molar-refractivity contribution in [3.05, 3.63) is 17.8 Å². The van der Waals surface area contributed by atoms with Gasteiger partial charge in [0.05, 0.1) is 5.69 Å². The van der Waals surface area contributed by atoms with Crippen LogP contribution in [0.2, 0.25) is 0 Å². The van der Waals surface area contributed by atoms with Crippen molar-refractivity contribution in [2.24, 2.45) is 0 Å². The van der Waals surface area contributed by atoms with Crippen LogP contribution in [0.3, 0.4) is 0 Å². The molecule has 1 saturated heterocycles. The first-order chi connectivity index (χ1) is 8.31. The van der Waals surface area contributed by atoms with Crippen LogP contribution < -0.4 is 10.6 Å². The van der Waals surface area contributed by atoms with Crippen molar-refractivity contribution >= 4 is 11.5 Å². The Morgan fingerprint density at radius 1 is 1.12 bits per heavy atom. The third kappa shape index (κ3) is 2.88. The van der Waals surface area contributed by atoms with Crippen LogP contribution >= 0.6 is 0 Å². The maximum atomic E-state index is 8.93. The summed E-state index contributed by atoms with van der Waals surface area (Å²) in [5.41, 5.74) is 6.48. The van der Waals surface area contributed by atoms with E-state index in [1.807, 2.05) is 12.1 Å². The van der Waals surface area contributed by atoms with Gasteiger partial charge in [-0.05, 0) is 25.0 Å². The predicted molar refractivity (Wildman–Crippen MR) is 68.7 cm³/mol. The van der Waals surface area contributed by atoms with Crippen LogP contribution in [0, 0.1) is 11.3 Å². The third-order valence-corrected chi connectivity index (χ3v) is 3.20. The van der Waals surface area contributed by atoms with Crippen molar-refractivity contribution in [1.29, 1.82) is 5.26 Å². The van der Waals surface area contributed by atoms with Crippen molar-refractivity contribution in [2.75, 3.05) is 23.7 Å². The minimum absolute atomic E-state index is 0.338. The van der Waals surface area contributed by atoms with E-state index in [0.717, 1.165) is 18.9 Å². The Bertz CT molecular complexity index is 414. The van der Waals surface area contributed by atoms with Crippen molar-refractivity contribution in [2.45, 2.75) is 32.1 Å². The number of hydrogen-bond donors (Lipinski definition) is 1. The molecular formula is C13H18N4. The molecule has 1 aliphatic heterocycles. The maximum absolute atomic E-state index is 8.93. The molecule has 1 aliphatic rings. The molecule has 0 atom stereocenters. The highest BCUT2D eigenvalue weighted by Gasteiger charge is 2.11. The molecule has 2 heterocycles. The number of hydrogen-bond acceptors (Lipinski definition) is 4. The summed E-state index contributed by atoms with van der Waals surface area (Å²) in [7, 11) is 0. The molecule has 4 heteroatoms. The molecule has 0 aromatic carbocycles. The summed E-state index contributed by atoms with van der Waals surface area (Å²) >= 11 is 0. The molecule has 90 valence electrons. The van der Waals surface area contributed by atoms with Crippen LogP contribution in [-0.4, -0.2) is 18.1 Å². The third-order valence-electron chi connectivity index (χ3n) is 3.20. The number of nitrogen functional groups attached to an aromatic ring is 1. The van der Waals surface area contributed by atoms with E-state index in [1.54, 1.807) is 6.07 Å². The quantitative estimate of drug-likeness (QED) is 0.804. The molecule has 1 aromatic rings. The zero-order valence-corrected chi connectivity index (χ0v) is 10.0. The summed E-state index contributed by atoms with van der Waals surface area (Å²) < 4.78 is 0. The van der Waals surface area contributed by atoms with Crippen molar-refractivity contribution < 1.29 is 0 Å². The van der Waals surface area contributed by atoms with E-state index in [4.69, 9.17) is 11.0 Å². The van der Waals surface area contributed by atoms with E-state index < -0.39 is 0 Å². The molecule has 0 radical (unpaired) electrons. The van der Waals surface area contributed by atoms with Gasteiger partial charge in [-0.3, -0.25) is 0 Å². The topological polar surface area (TPSA) is 65.9 Å². The molecule has 0 saturated carbocycles. The summed E-state index contributed by atoms with van der Waals surface area (Å²) in [5.74, 6) is 0.887. The molecule has 2 N–H and O–H groups in total. The van der Waals surface area contributed by atoms with Crippen LogP contribution in [0.5, 0.6) is 0 Å². The Hall–Kier alpha value is -1.76. The summed E-state index contributed by atoms with van der Waals surface area (Å²) in [6.07, 6.45) is 6.32. The van der Waals surface area contributed by atoms with Gasteiger partial charge in [0.1, 0.15) is 11.9 Å². The van der Waals surface area contributed by atoms with Gasteiger partial charge >= 0.3 is 0 Å². The van der Waals surface area contributed by atoms with E-state index in [1.165, 1.54) is 32.1 Å². The van der Waals surface area contributed by atoms with Crippen LogP contribution in [0.4, 0.5) is 11.5 Å². The molecule has 4 nitrogen and oxygen atoms in total. The maximum Gasteiger partial charge on any atom is 0.165 e. The largest absolute Gasteiger partial charge is 0.396 e. The minimum Gasteiger partial charge on any atom is -0.396 e. The Kier molecular flexibility index (Phi) is 3.81. The van der Waals surface area contributed by atoms with E-state index in [9.17, 15) is 0 Å². The standard InChI is InChI=1S/C13H18N4/c14-10-12-11(15)6-7-13(16-12)17-8-4-2-1-3-5-9-17/h6-7H,1-5,8-9,15H2. The lowest BCUT2D eigenvalue weighted by molar-refractivity contribution is 0.554. The number of anilines is 2. The minimum atomic E-state index is 0.338. The van der Waals surface area contributed by atoms with Crippen LogP contribution in [0.25, 0.3) is 0 Å². The van der Waals surface area contributed by atoms with Crippen molar-refractivity contribution in [3.8, 4) is 6.07 Å². The molecule has 0 bridgehead atoms. The average Bonchev–Trinajstić information content (AvgIpc) is 2.30. The Morgan fingerprint density at radius 3 is 2.41 bits per heavy atom. The van der Waals surface area contributed by atoms with Gasteiger partial charge in [0.15, 0.2) is 5.69 Å². The highest BCUT2D eigenvalue weighted by atomic mass is 15.2. The van der Waals surface area contributed by atoms with Gasteiger partial charge in [0.2, 0.25) is 0 Å². The van der Waals surface area contributed by atoms with Crippen molar-refractivity contribution in [3.63, 3.8) is 0 Å². The average molecular weight is 230 g/mol. The van der Waals surface area contributed by atoms with Gasteiger partial charge in [0.25, 0.3) is 0 Å². The van der Waals surface area contributed by atoms with Gasteiger partial charge in [-0.2, -0.15) is 5.26 Å². The summed E-state index contributed by atoms with van der Waals surface area (Å²) in [6, 6.07) is 5.73. The fourth-order valence-electron chi connectivity index (χ4n) is 2.20. The molecule has 0 unspecified atom stereocenters. The van der Waals surface area contributed by atoms with Gasteiger partial charge in [-0.25, -0.2) is 4.98 Å². The zero-order valence-electron chi connectivity index (χ0n) is 10.0. The Labute approximate surface area is 102 Å². The summed E-state index contributed by atoms with van der Waals surface area (Å²) in [4.78, 5) is 6.59. The number of aromatic nitrogens is 1. The lowest BCUT2D eigenvalue weighted by atomic mass is 10.1. The lowest BCUT2D eigenvalue weighted by Gasteiger charge is -2.25. The predicted octanol–water partition coefficient (Wildman–Crippen LogP) is 2.31. The highest BCUT2D eigenvalue weighted by Crippen LogP contribution is 2.19. The molecule has 1 fully saturated rings. The lowest BCUT2D eigenvalue weighted by Crippen LogP contribution is -2.28. The molecule has 17 heavy (non-hydrogen) atoms. The molecule has 2 rings (SSSR count). The van der Waals surface area contributed by atoms with E-state index in [2.05, 4.69) is 9.88 Å². The summed E-state index contributed by atoms with van der Waals surface area (Å²) in [5, 5.41) is 8.93.